The van der Waals surface area contributed by atoms with Gasteiger partial charge in [0.2, 0.25) is 5.91 Å². The predicted octanol–water partition coefficient (Wildman–Crippen LogP) is 3.60. The lowest BCUT2D eigenvalue weighted by Crippen LogP contribution is -2.36. The number of aliphatic carboxylic acids is 1. The van der Waals surface area contributed by atoms with Crippen LogP contribution in [0.1, 0.15) is 56.0 Å². The molecular formula is C23H29N4O5-. The Kier molecular flexibility index (Phi) is 6.71. The number of carboxylic acid groups (broad SMARTS) is 1. The smallest absolute Gasteiger partial charge is 0.303 e. The van der Waals surface area contributed by atoms with Crippen LogP contribution in [0, 0.1) is 24.5 Å². The number of hydrogen-bond acceptors (Lipinski definition) is 6. The molecule has 0 fully saturated rings. The number of rotatable bonds is 8. The molecule has 2 unspecified atom stereocenters. The molecule has 0 aliphatic heterocycles. The van der Waals surface area contributed by atoms with E-state index in [-0.39, 0.29) is 41.6 Å². The standard InChI is InChI=1S/C23H29N4O5/c1-14-22(15(2)26(25-14)18-7-5-6-8-19(18)27(31)32)16-9-10-17(11-16)24-20(28)12-23(3,4)13-21(29)30/h5-10,16-17,31H,11-13H2,1-4H3,(H,24,28)(H,29,30)/q-1. The Hall–Kier alpha value is -3.17. The molecule has 1 aromatic heterocycles. The quantitative estimate of drug-likeness (QED) is 0.421. The number of nitrogens with zero attached hydrogens (tertiary/aromatic N) is 3. The first kappa shape index (κ1) is 23.5. The van der Waals surface area contributed by atoms with E-state index in [1.165, 1.54) is 6.07 Å². The summed E-state index contributed by atoms with van der Waals surface area (Å²) in [6, 6.07) is 6.51. The van der Waals surface area contributed by atoms with Gasteiger partial charge in [-0.2, -0.15) is 5.10 Å². The molecule has 1 heterocycles. The summed E-state index contributed by atoms with van der Waals surface area (Å²) in [6.45, 7) is 7.33. The number of benzene rings is 1. The molecule has 0 spiro atoms. The molecule has 3 N–H and O–H groups in total. The maximum absolute atomic E-state index is 12.5. The van der Waals surface area contributed by atoms with E-state index in [1.807, 2.05) is 26.0 Å². The van der Waals surface area contributed by atoms with Gasteiger partial charge in [-0.05, 0) is 37.8 Å². The zero-order chi connectivity index (χ0) is 23.6. The lowest BCUT2D eigenvalue weighted by Gasteiger charge is -2.24. The molecular weight excluding hydrogens is 412 g/mol. The molecule has 1 aliphatic rings. The molecule has 1 aliphatic carbocycles. The Morgan fingerprint density at radius 1 is 1.25 bits per heavy atom. The summed E-state index contributed by atoms with van der Waals surface area (Å²) in [5.41, 5.74) is 2.61. The largest absolute Gasteiger partial charge is 0.733 e. The van der Waals surface area contributed by atoms with Crippen molar-refractivity contribution in [2.45, 2.75) is 58.9 Å². The summed E-state index contributed by atoms with van der Waals surface area (Å²) >= 11 is 0. The van der Waals surface area contributed by atoms with Crippen molar-refractivity contribution in [3.8, 4) is 5.69 Å². The topological polar surface area (TPSA) is 131 Å². The highest BCUT2D eigenvalue weighted by atomic mass is 16.8. The number of hydrogen-bond donors (Lipinski definition) is 3. The summed E-state index contributed by atoms with van der Waals surface area (Å²) in [4.78, 5) is 23.4. The van der Waals surface area contributed by atoms with Gasteiger partial charge in [-0.1, -0.05) is 38.1 Å². The van der Waals surface area contributed by atoms with E-state index in [0.29, 0.717) is 12.1 Å². The molecule has 9 nitrogen and oxygen atoms in total. The number of carboxylic acids is 1. The van der Waals surface area contributed by atoms with Crippen LogP contribution < -0.4 is 10.5 Å². The Balaban J connectivity index is 1.73. The van der Waals surface area contributed by atoms with E-state index in [2.05, 4.69) is 10.4 Å². The van der Waals surface area contributed by atoms with Crippen molar-refractivity contribution in [1.82, 2.24) is 15.1 Å². The molecule has 1 amide bonds. The van der Waals surface area contributed by atoms with Crippen molar-refractivity contribution in [3.05, 3.63) is 58.6 Å². The molecule has 172 valence electrons. The molecule has 3 rings (SSSR count). The number of allylic oxidation sites excluding steroid dienone is 1. The zero-order valence-electron chi connectivity index (χ0n) is 18.7. The fraction of sp³-hybridized carbons (Fsp3) is 0.435. The van der Waals surface area contributed by atoms with Gasteiger partial charge in [0.25, 0.3) is 0 Å². The number of amides is 1. The van der Waals surface area contributed by atoms with Crippen molar-refractivity contribution in [3.63, 3.8) is 0 Å². The van der Waals surface area contributed by atoms with Crippen LogP contribution in [0.4, 0.5) is 5.69 Å². The molecule has 1 aromatic carbocycles. The van der Waals surface area contributed by atoms with E-state index < -0.39 is 11.4 Å². The normalized spacial score (nSPS) is 18.1. The van der Waals surface area contributed by atoms with E-state index in [1.54, 1.807) is 36.7 Å². The number of carbonyl (C=O) groups is 2. The second kappa shape index (κ2) is 9.13. The number of aryl methyl sites for hydroxylation is 1. The Bertz CT molecular complexity index is 1040. The number of nitrogens with one attached hydrogen (secondary N) is 1. The first-order valence-electron chi connectivity index (χ1n) is 10.5. The zero-order valence-corrected chi connectivity index (χ0v) is 18.7. The lowest BCUT2D eigenvalue weighted by atomic mass is 9.85. The maximum Gasteiger partial charge on any atom is 0.303 e. The molecule has 0 radical (unpaired) electrons. The predicted molar refractivity (Wildman–Crippen MR) is 120 cm³/mol. The third-order valence-electron chi connectivity index (χ3n) is 5.73. The van der Waals surface area contributed by atoms with Crippen molar-refractivity contribution in [1.29, 1.82) is 0 Å². The van der Waals surface area contributed by atoms with E-state index in [4.69, 9.17) is 5.11 Å². The fourth-order valence-electron chi connectivity index (χ4n) is 4.42. The van der Waals surface area contributed by atoms with Crippen LogP contribution >= 0.6 is 0 Å². The molecule has 2 aromatic rings. The summed E-state index contributed by atoms with van der Waals surface area (Å²) in [5.74, 6) is -1.07. The minimum absolute atomic E-state index is 0.0331. The van der Waals surface area contributed by atoms with Crippen LogP contribution in [-0.2, 0) is 9.59 Å². The SMILES string of the molecule is Cc1nn(-c2ccccc2N([O-])O)c(C)c1C1C=CC(NC(=O)CC(C)(C)CC(=O)O)C1. The molecule has 32 heavy (non-hydrogen) atoms. The fourth-order valence-corrected chi connectivity index (χ4v) is 4.42. The molecule has 9 heteroatoms. The van der Waals surface area contributed by atoms with Crippen LogP contribution in [-0.4, -0.2) is 38.0 Å². The monoisotopic (exact) mass is 441 g/mol. The van der Waals surface area contributed by atoms with Crippen LogP contribution in [0.15, 0.2) is 36.4 Å². The third kappa shape index (κ3) is 5.17. The Morgan fingerprint density at radius 2 is 1.94 bits per heavy atom. The van der Waals surface area contributed by atoms with Gasteiger partial charge in [0.05, 0.1) is 23.5 Å². The number of para-hydroxylation sites is 2. The summed E-state index contributed by atoms with van der Waals surface area (Å²) < 4.78 is 1.65. The molecule has 0 saturated carbocycles. The van der Waals surface area contributed by atoms with Crippen LogP contribution in [0.3, 0.4) is 0 Å². The Morgan fingerprint density at radius 3 is 2.59 bits per heavy atom. The second-order valence-corrected chi connectivity index (χ2v) is 9.07. The minimum atomic E-state index is -0.922. The van der Waals surface area contributed by atoms with Crippen molar-refractivity contribution < 1.29 is 19.9 Å². The minimum Gasteiger partial charge on any atom is -0.733 e. The summed E-state index contributed by atoms with van der Waals surface area (Å²) in [7, 11) is 0. The van der Waals surface area contributed by atoms with Gasteiger partial charge in [-0.3, -0.25) is 14.8 Å². The van der Waals surface area contributed by atoms with E-state index in [9.17, 15) is 20.0 Å². The van der Waals surface area contributed by atoms with Crippen LogP contribution in [0.2, 0.25) is 0 Å². The van der Waals surface area contributed by atoms with Gasteiger partial charge in [-0.25, -0.2) is 4.68 Å². The highest BCUT2D eigenvalue weighted by molar-refractivity contribution is 5.78. The average molecular weight is 442 g/mol. The Labute approximate surface area is 186 Å². The van der Waals surface area contributed by atoms with Gasteiger partial charge < -0.3 is 20.9 Å². The van der Waals surface area contributed by atoms with Gasteiger partial charge in [0.15, 0.2) is 0 Å². The van der Waals surface area contributed by atoms with Gasteiger partial charge >= 0.3 is 5.97 Å². The van der Waals surface area contributed by atoms with E-state index >= 15 is 0 Å². The van der Waals surface area contributed by atoms with Crippen LogP contribution in [0.25, 0.3) is 5.69 Å². The molecule has 2 atom stereocenters. The van der Waals surface area contributed by atoms with Crippen molar-refractivity contribution in [2.75, 3.05) is 5.23 Å². The third-order valence-corrected chi connectivity index (χ3v) is 5.73. The second-order valence-electron chi connectivity index (χ2n) is 9.07. The van der Waals surface area contributed by atoms with Crippen molar-refractivity contribution >= 4 is 17.6 Å². The van der Waals surface area contributed by atoms with Crippen molar-refractivity contribution in [2.24, 2.45) is 5.41 Å². The first-order valence-corrected chi connectivity index (χ1v) is 10.5. The number of anilines is 1. The number of aromatic nitrogens is 2. The molecule has 0 saturated heterocycles. The summed E-state index contributed by atoms with van der Waals surface area (Å²) in [6.07, 6.45) is 4.70. The summed E-state index contributed by atoms with van der Waals surface area (Å²) in [5, 5.41) is 37.4. The highest BCUT2D eigenvalue weighted by Gasteiger charge is 2.30. The van der Waals surface area contributed by atoms with Gasteiger partial charge in [0.1, 0.15) is 0 Å². The van der Waals surface area contributed by atoms with Gasteiger partial charge in [-0.15, -0.1) is 0 Å². The van der Waals surface area contributed by atoms with Crippen LogP contribution in [0.5, 0.6) is 0 Å². The lowest BCUT2D eigenvalue weighted by molar-refractivity contribution is -0.139. The van der Waals surface area contributed by atoms with E-state index in [0.717, 1.165) is 17.0 Å². The number of carbonyl (C=O) groups excluding carboxylic acids is 1. The molecule has 0 bridgehead atoms. The van der Waals surface area contributed by atoms with Gasteiger partial charge in [0, 0.05) is 29.6 Å². The highest BCUT2D eigenvalue weighted by Crippen LogP contribution is 2.35. The maximum atomic E-state index is 12.5. The first-order chi connectivity index (χ1) is 15.0. The average Bonchev–Trinajstić information content (AvgIpc) is 3.23.